The predicted octanol–water partition coefficient (Wildman–Crippen LogP) is 3.16. The Hall–Kier alpha value is -3.61. The zero-order valence-electron chi connectivity index (χ0n) is 16.0. The lowest BCUT2D eigenvalue weighted by atomic mass is 10.0. The topological polar surface area (TPSA) is 101 Å². The van der Waals surface area contributed by atoms with E-state index in [4.69, 9.17) is 10.5 Å². The largest absolute Gasteiger partial charge is 0.465 e. The van der Waals surface area contributed by atoms with Gasteiger partial charge in [0.25, 0.3) is 0 Å². The van der Waals surface area contributed by atoms with E-state index in [9.17, 15) is 9.59 Å². The molecule has 3 aromatic rings. The normalized spacial score (nSPS) is 12.2. The van der Waals surface area contributed by atoms with Crippen LogP contribution in [0.2, 0.25) is 0 Å². The number of nitrogens with zero attached hydrogens (tertiary/aromatic N) is 2. The van der Waals surface area contributed by atoms with Gasteiger partial charge in [-0.15, -0.1) is 0 Å². The summed E-state index contributed by atoms with van der Waals surface area (Å²) in [6.45, 7) is 1.95. The summed E-state index contributed by atoms with van der Waals surface area (Å²) in [5.41, 5.74) is 8.61. The number of nitrogens with two attached hydrogens (primary N) is 1. The summed E-state index contributed by atoms with van der Waals surface area (Å²) in [5.74, 6) is -0.0885. The maximum absolute atomic E-state index is 12.6. The number of hydrogen-bond donors (Lipinski definition) is 2. The predicted molar refractivity (Wildman–Crippen MR) is 109 cm³/mol. The number of hydrogen-bond acceptors (Lipinski definition) is 5. The molecule has 3 rings (SSSR count). The minimum Gasteiger partial charge on any atom is -0.465 e. The number of aromatic nitrogens is 2. The number of anilines is 1. The third-order valence-electron chi connectivity index (χ3n) is 4.74. The molecule has 1 amide bonds. The Labute approximate surface area is 162 Å². The van der Waals surface area contributed by atoms with Crippen LogP contribution in [0, 0.1) is 0 Å². The molecule has 0 bridgehead atoms. The van der Waals surface area contributed by atoms with Crippen LogP contribution >= 0.6 is 0 Å². The van der Waals surface area contributed by atoms with Gasteiger partial charge in [0.1, 0.15) is 5.82 Å². The number of aromatic amines is 1. The van der Waals surface area contributed by atoms with Crippen LogP contribution in [0.15, 0.2) is 48.8 Å². The Kier molecular flexibility index (Phi) is 5.44. The summed E-state index contributed by atoms with van der Waals surface area (Å²) in [6, 6.07) is 8.64. The van der Waals surface area contributed by atoms with Gasteiger partial charge in [-0.3, -0.25) is 4.79 Å². The highest BCUT2D eigenvalue weighted by molar-refractivity contribution is 5.96. The second kappa shape index (κ2) is 7.96. The summed E-state index contributed by atoms with van der Waals surface area (Å²) in [6.07, 6.45) is 6.68. The maximum Gasteiger partial charge on any atom is 0.337 e. The first-order valence-electron chi connectivity index (χ1n) is 8.76. The monoisotopic (exact) mass is 378 g/mol. The van der Waals surface area contributed by atoms with Crippen molar-refractivity contribution in [2.45, 2.75) is 13.0 Å². The molecule has 1 unspecified atom stereocenters. The van der Waals surface area contributed by atoms with Crippen molar-refractivity contribution in [3.05, 3.63) is 65.5 Å². The minimum atomic E-state index is -0.388. The van der Waals surface area contributed by atoms with E-state index < -0.39 is 0 Å². The number of methoxy groups -OCH3 is 1. The maximum atomic E-state index is 12.6. The Balaban J connectivity index is 1.78. The fourth-order valence-corrected chi connectivity index (χ4v) is 2.94. The summed E-state index contributed by atoms with van der Waals surface area (Å²) >= 11 is 0. The van der Waals surface area contributed by atoms with Crippen molar-refractivity contribution < 1.29 is 14.3 Å². The van der Waals surface area contributed by atoms with E-state index in [1.54, 1.807) is 48.5 Å². The van der Waals surface area contributed by atoms with Gasteiger partial charge in [0.15, 0.2) is 0 Å². The SMILES string of the molecule is COC(=O)c1ccc2c(C(C)N(C)C(=O)/C=C/c3ccc(N)nc3)c[nH]c2c1. The lowest BCUT2D eigenvalue weighted by Crippen LogP contribution is -2.27. The average Bonchev–Trinajstić information content (AvgIpc) is 3.14. The quantitative estimate of drug-likeness (QED) is 0.524. The third-order valence-corrected chi connectivity index (χ3v) is 4.74. The van der Waals surface area contributed by atoms with Crippen LogP contribution in [0.25, 0.3) is 17.0 Å². The Morgan fingerprint density at radius 2 is 2.07 bits per heavy atom. The lowest BCUT2D eigenvalue weighted by Gasteiger charge is -2.23. The number of carbonyl (C=O) groups is 2. The van der Waals surface area contributed by atoms with Crippen LogP contribution in [-0.2, 0) is 9.53 Å². The number of benzene rings is 1. The van der Waals surface area contributed by atoms with Crippen LogP contribution < -0.4 is 5.73 Å². The van der Waals surface area contributed by atoms with Gasteiger partial charge in [0, 0.05) is 36.4 Å². The number of fused-ring (bicyclic) bond motifs is 1. The highest BCUT2D eigenvalue weighted by Gasteiger charge is 2.19. The van der Waals surface area contributed by atoms with Crippen LogP contribution in [-0.4, -0.2) is 40.9 Å². The van der Waals surface area contributed by atoms with Gasteiger partial charge in [0.05, 0.1) is 18.7 Å². The summed E-state index contributed by atoms with van der Waals surface area (Å²) in [7, 11) is 3.10. The highest BCUT2D eigenvalue weighted by Crippen LogP contribution is 2.28. The molecule has 2 aromatic heterocycles. The molecular weight excluding hydrogens is 356 g/mol. The van der Waals surface area contributed by atoms with Crippen molar-refractivity contribution in [3.63, 3.8) is 0 Å². The minimum absolute atomic E-state index is 0.134. The number of amides is 1. The molecule has 1 aromatic carbocycles. The van der Waals surface area contributed by atoms with E-state index in [1.807, 2.05) is 19.2 Å². The van der Waals surface area contributed by atoms with Gasteiger partial charge in [-0.05, 0) is 48.4 Å². The van der Waals surface area contributed by atoms with E-state index in [-0.39, 0.29) is 17.9 Å². The Morgan fingerprint density at radius 3 is 2.75 bits per heavy atom. The number of ether oxygens (including phenoxy) is 1. The summed E-state index contributed by atoms with van der Waals surface area (Å²) < 4.78 is 4.75. The number of nitrogen functional groups attached to an aromatic ring is 1. The van der Waals surface area contributed by atoms with E-state index in [0.717, 1.165) is 22.0 Å². The molecule has 0 aliphatic carbocycles. The molecule has 0 saturated carbocycles. The Bertz CT molecular complexity index is 1040. The number of pyridine rings is 1. The van der Waals surface area contributed by atoms with Gasteiger partial charge in [0.2, 0.25) is 5.91 Å². The molecule has 0 fully saturated rings. The number of carbonyl (C=O) groups excluding carboxylic acids is 2. The molecule has 0 aliphatic heterocycles. The fraction of sp³-hybridized carbons (Fsp3) is 0.190. The van der Waals surface area contributed by atoms with Crippen LogP contribution in [0.1, 0.15) is 34.5 Å². The molecule has 0 radical (unpaired) electrons. The molecule has 144 valence electrons. The van der Waals surface area contributed by atoms with Crippen LogP contribution in [0.4, 0.5) is 5.82 Å². The first kappa shape index (κ1) is 19.2. The zero-order valence-corrected chi connectivity index (χ0v) is 16.0. The van der Waals surface area contributed by atoms with Crippen molar-refractivity contribution >= 4 is 34.7 Å². The molecular formula is C21H22N4O3. The van der Waals surface area contributed by atoms with E-state index in [1.165, 1.54) is 13.2 Å². The van der Waals surface area contributed by atoms with Crippen molar-refractivity contribution in [1.82, 2.24) is 14.9 Å². The van der Waals surface area contributed by atoms with Crippen molar-refractivity contribution in [2.75, 3.05) is 19.9 Å². The lowest BCUT2D eigenvalue weighted by molar-refractivity contribution is -0.126. The van der Waals surface area contributed by atoms with Crippen LogP contribution in [0.5, 0.6) is 0 Å². The second-order valence-corrected chi connectivity index (χ2v) is 6.47. The first-order chi connectivity index (χ1) is 13.4. The molecule has 0 aliphatic rings. The molecule has 0 spiro atoms. The molecule has 7 heteroatoms. The first-order valence-corrected chi connectivity index (χ1v) is 8.76. The average molecular weight is 378 g/mol. The highest BCUT2D eigenvalue weighted by atomic mass is 16.5. The van der Waals surface area contributed by atoms with Crippen LogP contribution in [0.3, 0.4) is 0 Å². The molecule has 1 atom stereocenters. The zero-order chi connectivity index (χ0) is 20.3. The standard InChI is InChI=1S/C21H22N4O3/c1-13(25(2)20(26)9-5-14-4-8-19(22)24-11-14)17-12-23-18-10-15(21(27)28-3)6-7-16(17)18/h4-13,23H,1-3H3,(H2,22,24)/b9-5+. The summed E-state index contributed by atoms with van der Waals surface area (Å²) in [5, 5.41) is 0.950. The Morgan fingerprint density at radius 1 is 1.29 bits per heavy atom. The van der Waals surface area contributed by atoms with E-state index in [2.05, 4.69) is 9.97 Å². The molecule has 3 N–H and O–H groups in total. The van der Waals surface area contributed by atoms with Crippen molar-refractivity contribution in [1.29, 1.82) is 0 Å². The fourth-order valence-electron chi connectivity index (χ4n) is 2.94. The van der Waals surface area contributed by atoms with E-state index >= 15 is 0 Å². The van der Waals surface area contributed by atoms with Gasteiger partial charge in [-0.25, -0.2) is 9.78 Å². The summed E-state index contributed by atoms with van der Waals surface area (Å²) in [4.78, 5) is 33.1. The molecule has 0 saturated heterocycles. The smallest absolute Gasteiger partial charge is 0.337 e. The number of esters is 1. The number of likely N-dealkylation sites (N-methyl/N-ethyl adjacent to an activating group) is 1. The molecule has 28 heavy (non-hydrogen) atoms. The van der Waals surface area contributed by atoms with Gasteiger partial charge in [-0.2, -0.15) is 0 Å². The van der Waals surface area contributed by atoms with E-state index in [0.29, 0.717) is 11.4 Å². The number of H-pyrrole nitrogens is 1. The third kappa shape index (κ3) is 3.88. The number of rotatable bonds is 5. The van der Waals surface area contributed by atoms with Gasteiger partial charge >= 0.3 is 5.97 Å². The molecule has 7 nitrogen and oxygen atoms in total. The second-order valence-electron chi connectivity index (χ2n) is 6.47. The number of nitrogens with one attached hydrogen (secondary N) is 1. The molecule has 2 heterocycles. The van der Waals surface area contributed by atoms with Gasteiger partial charge in [-0.1, -0.05) is 6.07 Å². The van der Waals surface area contributed by atoms with Crippen molar-refractivity contribution in [2.24, 2.45) is 0 Å². The van der Waals surface area contributed by atoms with Crippen molar-refractivity contribution in [3.8, 4) is 0 Å². The van der Waals surface area contributed by atoms with Gasteiger partial charge < -0.3 is 20.4 Å².